The lowest BCUT2D eigenvalue weighted by atomic mass is 9.98. The van der Waals surface area contributed by atoms with Crippen molar-refractivity contribution in [3.8, 4) is 16.9 Å². The van der Waals surface area contributed by atoms with Gasteiger partial charge in [0.05, 0.1) is 23.3 Å². The third kappa shape index (κ3) is 4.28. The van der Waals surface area contributed by atoms with E-state index in [9.17, 15) is 14.0 Å². The highest BCUT2D eigenvalue weighted by Gasteiger charge is 2.44. The first-order valence-electron chi connectivity index (χ1n) is 10.9. The number of halogens is 2. The maximum Gasteiger partial charge on any atom is 0.332 e. The highest BCUT2D eigenvalue weighted by molar-refractivity contribution is 7.99. The van der Waals surface area contributed by atoms with E-state index < -0.39 is 11.5 Å². The molecule has 0 radical (unpaired) electrons. The van der Waals surface area contributed by atoms with E-state index in [1.807, 2.05) is 24.3 Å². The zero-order chi connectivity index (χ0) is 24.6. The second-order valence-electron chi connectivity index (χ2n) is 8.28. The number of benzene rings is 3. The van der Waals surface area contributed by atoms with Gasteiger partial charge in [-0.05, 0) is 60.7 Å². The average Bonchev–Trinajstić information content (AvgIpc) is 3.50. The first-order chi connectivity index (χ1) is 16.9. The van der Waals surface area contributed by atoms with Crippen molar-refractivity contribution in [2.45, 2.75) is 12.0 Å². The molecule has 4 aromatic rings. The number of hydrogen-bond acceptors (Lipinski definition) is 5. The van der Waals surface area contributed by atoms with E-state index in [-0.39, 0.29) is 11.7 Å². The summed E-state index contributed by atoms with van der Waals surface area (Å²) < 4.78 is 20.2. The maximum absolute atomic E-state index is 13.6. The van der Waals surface area contributed by atoms with Crippen molar-refractivity contribution in [3.05, 3.63) is 83.1 Å². The van der Waals surface area contributed by atoms with Crippen LogP contribution in [0.25, 0.3) is 27.8 Å². The number of hydrogen-bond donors (Lipinski definition) is 1. The Morgan fingerprint density at radius 1 is 1.14 bits per heavy atom. The molecule has 5 rings (SSSR count). The van der Waals surface area contributed by atoms with Gasteiger partial charge in [-0.3, -0.25) is 4.79 Å². The Morgan fingerprint density at radius 3 is 2.60 bits per heavy atom. The van der Waals surface area contributed by atoms with E-state index in [1.54, 1.807) is 46.8 Å². The zero-order valence-electron chi connectivity index (χ0n) is 18.8. The number of carbonyl (C=O) groups is 2. The van der Waals surface area contributed by atoms with Crippen LogP contribution in [0, 0.1) is 5.82 Å². The van der Waals surface area contributed by atoms with Crippen LogP contribution in [0.1, 0.15) is 16.8 Å². The predicted octanol–water partition coefficient (Wildman–Crippen LogP) is 5.26. The minimum absolute atomic E-state index is 0.362. The number of ether oxygens (including phenoxy) is 1. The van der Waals surface area contributed by atoms with Gasteiger partial charge in [0, 0.05) is 22.3 Å². The van der Waals surface area contributed by atoms with Crippen molar-refractivity contribution in [2.24, 2.45) is 0 Å². The zero-order valence-corrected chi connectivity index (χ0v) is 20.3. The molecule has 0 saturated carbocycles. The fourth-order valence-electron chi connectivity index (χ4n) is 4.25. The Labute approximate surface area is 210 Å². The molecule has 1 fully saturated rings. The minimum atomic E-state index is -1.05. The van der Waals surface area contributed by atoms with Crippen LogP contribution in [-0.2, 0) is 9.53 Å². The molecule has 0 aliphatic carbocycles. The predicted molar refractivity (Wildman–Crippen MR) is 136 cm³/mol. The monoisotopic (exact) mass is 509 g/mol. The molecule has 1 unspecified atom stereocenters. The number of carbonyl (C=O) groups excluding carboxylic acids is 2. The molecule has 1 aliphatic rings. The normalized spacial score (nSPS) is 17.5. The van der Waals surface area contributed by atoms with Gasteiger partial charge in [0.2, 0.25) is 0 Å². The van der Waals surface area contributed by atoms with Crippen LogP contribution in [-0.4, -0.2) is 45.8 Å². The Balaban J connectivity index is 1.62. The summed E-state index contributed by atoms with van der Waals surface area (Å²) in [5, 5.41) is 9.00. The molecule has 6 nitrogen and oxygen atoms in total. The molecule has 0 spiro atoms. The summed E-state index contributed by atoms with van der Waals surface area (Å²) in [5.74, 6) is 0.0181. The van der Waals surface area contributed by atoms with Gasteiger partial charge in [0.25, 0.3) is 5.91 Å². The minimum Gasteiger partial charge on any atom is -0.467 e. The molecule has 1 saturated heterocycles. The summed E-state index contributed by atoms with van der Waals surface area (Å²) in [6.45, 7) is 0. The van der Waals surface area contributed by atoms with Gasteiger partial charge in [-0.1, -0.05) is 29.8 Å². The summed E-state index contributed by atoms with van der Waals surface area (Å²) in [6, 6.07) is 18.5. The van der Waals surface area contributed by atoms with E-state index in [0.717, 1.165) is 16.7 Å². The number of methoxy groups -OCH3 is 1. The van der Waals surface area contributed by atoms with E-state index in [2.05, 4.69) is 5.32 Å². The number of aromatic nitrogens is 2. The van der Waals surface area contributed by atoms with E-state index in [0.29, 0.717) is 39.7 Å². The van der Waals surface area contributed by atoms with Crippen LogP contribution in [0.2, 0.25) is 5.02 Å². The lowest BCUT2D eigenvalue weighted by molar-refractivity contribution is -0.147. The van der Waals surface area contributed by atoms with E-state index in [1.165, 1.54) is 19.2 Å². The molecule has 178 valence electrons. The maximum atomic E-state index is 13.6. The van der Waals surface area contributed by atoms with Gasteiger partial charge < -0.3 is 10.1 Å². The molecule has 2 heterocycles. The van der Waals surface area contributed by atoms with Crippen molar-refractivity contribution in [1.29, 1.82) is 0 Å². The SMILES string of the molecule is COC(=O)C1(NC(=O)c2ccc3c(-c4ccccc4Cl)nn(-c4ccc(F)cc4)c3c2)CCSC1. The van der Waals surface area contributed by atoms with Gasteiger partial charge in [-0.2, -0.15) is 16.9 Å². The summed E-state index contributed by atoms with van der Waals surface area (Å²) in [7, 11) is 1.32. The van der Waals surface area contributed by atoms with Crippen molar-refractivity contribution >= 4 is 46.1 Å². The number of nitrogens with zero attached hydrogens (tertiary/aromatic N) is 2. The van der Waals surface area contributed by atoms with E-state index in [4.69, 9.17) is 21.4 Å². The Bertz CT molecular complexity index is 1430. The molecule has 1 atom stereocenters. The van der Waals surface area contributed by atoms with Crippen molar-refractivity contribution < 1.29 is 18.7 Å². The van der Waals surface area contributed by atoms with Crippen LogP contribution < -0.4 is 5.32 Å². The summed E-state index contributed by atoms with van der Waals surface area (Å²) >= 11 is 8.06. The smallest absolute Gasteiger partial charge is 0.332 e. The Hall–Kier alpha value is -3.36. The number of amides is 1. The molecule has 3 aromatic carbocycles. The molecule has 1 amide bonds. The number of nitrogens with one attached hydrogen (secondary N) is 1. The Kier molecular flexibility index (Phi) is 6.25. The molecule has 1 N–H and O–H groups in total. The molecule has 0 bridgehead atoms. The lowest BCUT2D eigenvalue weighted by Crippen LogP contribution is -2.55. The third-order valence-electron chi connectivity index (χ3n) is 6.09. The molecular formula is C26H21ClFN3O3S. The number of rotatable bonds is 5. The highest BCUT2D eigenvalue weighted by Crippen LogP contribution is 2.35. The van der Waals surface area contributed by atoms with Crippen molar-refractivity contribution in [3.63, 3.8) is 0 Å². The molecule has 1 aliphatic heterocycles. The fraction of sp³-hybridized carbons (Fsp3) is 0.192. The molecule has 1 aromatic heterocycles. The first kappa shape index (κ1) is 23.4. The van der Waals surface area contributed by atoms with Gasteiger partial charge >= 0.3 is 5.97 Å². The van der Waals surface area contributed by atoms with Gasteiger partial charge in [-0.25, -0.2) is 13.9 Å². The van der Waals surface area contributed by atoms with Crippen LogP contribution in [0.4, 0.5) is 4.39 Å². The summed E-state index contributed by atoms with van der Waals surface area (Å²) in [4.78, 5) is 25.7. The average molecular weight is 510 g/mol. The second kappa shape index (κ2) is 9.36. The van der Waals surface area contributed by atoms with Gasteiger partial charge in [-0.15, -0.1) is 0 Å². The van der Waals surface area contributed by atoms with Crippen molar-refractivity contribution in [2.75, 3.05) is 18.6 Å². The molecular weight excluding hydrogens is 489 g/mol. The lowest BCUT2D eigenvalue weighted by Gasteiger charge is -2.26. The standard InChI is InChI=1S/C26H21ClFN3O3S/c1-34-25(33)26(12-13-35-15-26)29-24(32)16-6-11-20-22(14-16)31(18-9-7-17(28)8-10-18)30-23(20)19-4-2-3-5-21(19)27/h2-11,14H,12-13,15H2,1H3,(H,29,32). The largest absolute Gasteiger partial charge is 0.467 e. The Morgan fingerprint density at radius 2 is 1.91 bits per heavy atom. The van der Waals surface area contributed by atoms with Crippen LogP contribution in [0.5, 0.6) is 0 Å². The molecule has 35 heavy (non-hydrogen) atoms. The molecule has 9 heteroatoms. The number of thioether (sulfide) groups is 1. The third-order valence-corrected chi connectivity index (χ3v) is 7.61. The second-order valence-corrected chi connectivity index (χ2v) is 9.79. The van der Waals surface area contributed by atoms with E-state index >= 15 is 0 Å². The topological polar surface area (TPSA) is 73.2 Å². The van der Waals surface area contributed by atoms with Crippen molar-refractivity contribution in [1.82, 2.24) is 15.1 Å². The van der Waals surface area contributed by atoms with Gasteiger partial charge in [0.15, 0.2) is 0 Å². The number of esters is 1. The van der Waals surface area contributed by atoms with Crippen LogP contribution in [0.15, 0.2) is 66.7 Å². The van der Waals surface area contributed by atoms with Crippen LogP contribution >= 0.6 is 23.4 Å². The van der Waals surface area contributed by atoms with Gasteiger partial charge in [0.1, 0.15) is 17.1 Å². The summed E-state index contributed by atoms with van der Waals surface area (Å²) in [5.41, 5.74) is 1.97. The summed E-state index contributed by atoms with van der Waals surface area (Å²) in [6.07, 6.45) is 0.502. The quantitative estimate of drug-likeness (QED) is 0.371. The first-order valence-corrected chi connectivity index (χ1v) is 12.5. The number of fused-ring (bicyclic) bond motifs is 1. The van der Waals surface area contributed by atoms with Crippen LogP contribution in [0.3, 0.4) is 0 Å². The highest BCUT2D eigenvalue weighted by atomic mass is 35.5. The fourth-order valence-corrected chi connectivity index (χ4v) is 5.79.